The number of benzene rings is 1. The predicted molar refractivity (Wildman–Crippen MR) is 64.8 cm³/mol. The van der Waals surface area contributed by atoms with Gasteiger partial charge in [-0.3, -0.25) is 0 Å². The maximum absolute atomic E-state index is 4.89. The SMILES string of the molecule is CC(C)C1C=Cc2ccccc21.[Cl][Ti][Cl]. The van der Waals surface area contributed by atoms with Crippen molar-refractivity contribution in [3.63, 3.8) is 0 Å². The van der Waals surface area contributed by atoms with Crippen LogP contribution in [0.3, 0.4) is 0 Å². The van der Waals surface area contributed by atoms with Crippen molar-refractivity contribution in [3.05, 3.63) is 41.5 Å². The van der Waals surface area contributed by atoms with Crippen LogP contribution in [-0.2, 0) is 17.0 Å². The molecule has 0 heterocycles. The van der Waals surface area contributed by atoms with Gasteiger partial charge in [0.2, 0.25) is 0 Å². The number of allylic oxidation sites excluding steroid dienone is 1. The second kappa shape index (κ2) is 6.75. The monoisotopic (exact) mass is 276 g/mol. The average molecular weight is 277 g/mol. The van der Waals surface area contributed by atoms with Crippen molar-refractivity contribution >= 4 is 24.7 Å². The summed E-state index contributed by atoms with van der Waals surface area (Å²) in [6.07, 6.45) is 4.55. The third-order valence-corrected chi connectivity index (χ3v) is 2.56. The number of halogens is 2. The fourth-order valence-electron chi connectivity index (χ4n) is 1.86. The number of fused-ring (bicyclic) bond motifs is 1. The zero-order chi connectivity index (χ0) is 11.3. The minimum atomic E-state index is -0.556. The third kappa shape index (κ3) is 3.64. The molecule has 0 spiro atoms. The molecule has 0 bridgehead atoms. The predicted octanol–water partition coefficient (Wildman–Crippen LogP) is 4.83. The van der Waals surface area contributed by atoms with Gasteiger partial charge in [0.05, 0.1) is 0 Å². The van der Waals surface area contributed by atoms with Gasteiger partial charge in [0.15, 0.2) is 0 Å². The fraction of sp³-hybridized carbons (Fsp3) is 0.333. The van der Waals surface area contributed by atoms with Gasteiger partial charge in [-0.2, -0.15) is 0 Å². The summed E-state index contributed by atoms with van der Waals surface area (Å²) in [5, 5.41) is 0. The molecule has 1 unspecified atom stereocenters. The molecule has 0 saturated carbocycles. The molecule has 2 rings (SSSR count). The zero-order valence-electron chi connectivity index (χ0n) is 8.87. The first-order chi connectivity index (χ1) is 7.20. The molecule has 0 saturated heterocycles. The Labute approximate surface area is 108 Å². The molecular weight excluding hydrogens is 263 g/mol. The molecule has 0 amide bonds. The summed E-state index contributed by atoms with van der Waals surface area (Å²) >= 11 is -0.556. The molecule has 80 valence electrons. The van der Waals surface area contributed by atoms with E-state index >= 15 is 0 Å². The Hall–Kier alpha value is 0.254. The third-order valence-electron chi connectivity index (χ3n) is 2.56. The summed E-state index contributed by atoms with van der Waals surface area (Å²) in [4.78, 5) is 0. The summed E-state index contributed by atoms with van der Waals surface area (Å²) < 4.78 is 0. The Morgan fingerprint density at radius 3 is 2.40 bits per heavy atom. The summed E-state index contributed by atoms with van der Waals surface area (Å²) in [5.41, 5.74) is 2.89. The first-order valence-electron chi connectivity index (χ1n) is 4.94. The normalized spacial score (nSPS) is 17.0. The molecule has 1 aromatic carbocycles. The molecule has 0 aromatic heterocycles. The van der Waals surface area contributed by atoms with Crippen molar-refractivity contribution in [2.75, 3.05) is 0 Å². The van der Waals surface area contributed by atoms with Crippen molar-refractivity contribution < 1.29 is 17.0 Å². The first-order valence-corrected chi connectivity index (χ1v) is 9.23. The van der Waals surface area contributed by atoms with Gasteiger partial charge in [0, 0.05) is 5.92 Å². The van der Waals surface area contributed by atoms with Crippen molar-refractivity contribution in [1.82, 2.24) is 0 Å². The Balaban J connectivity index is 0.000000337. The van der Waals surface area contributed by atoms with E-state index in [1.54, 1.807) is 0 Å². The van der Waals surface area contributed by atoms with E-state index in [9.17, 15) is 0 Å². The van der Waals surface area contributed by atoms with Crippen LogP contribution in [0.4, 0.5) is 0 Å². The van der Waals surface area contributed by atoms with Gasteiger partial charge in [-0.1, -0.05) is 50.3 Å². The van der Waals surface area contributed by atoms with Crippen LogP contribution in [-0.4, -0.2) is 0 Å². The number of hydrogen-bond acceptors (Lipinski definition) is 0. The van der Waals surface area contributed by atoms with Gasteiger partial charge in [-0.15, -0.1) is 0 Å². The fourth-order valence-corrected chi connectivity index (χ4v) is 1.86. The van der Waals surface area contributed by atoms with Crippen LogP contribution < -0.4 is 0 Å². The second-order valence-corrected chi connectivity index (χ2v) is 6.41. The molecule has 0 nitrogen and oxygen atoms in total. The molecule has 3 heteroatoms. The van der Waals surface area contributed by atoms with Crippen LogP contribution in [0.2, 0.25) is 0 Å². The quantitative estimate of drug-likeness (QED) is 0.645. The van der Waals surface area contributed by atoms with Gasteiger partial charge < -0.3 is 0 Å². The zero-order valence-corrected chi connectivity index (χ0v) is 11.9. The van der Waals surface area contributed by atoms with E-state index in [-0.39, 0.29) is 0 Å². The molecule has 0 aliphatic heterocycles. The molecule has 0 radical (unpaired) electrons. The minimum absolute atomic E-state index is 0.556. The summed E-state index contributed by atoms with van der Waals surface area (Å²) in [6, 6.07) is 8.65. The number of rotatable bonds is 1. The van der Waals surface area contributed by atoms with Crippen LogP contribution in [0.1, 0.15) is 30.9 Å². The van der Waals surface area contributed by atoms with Crippen molar-refractivity contribution in [1.29, 1.82) is 0 Å². The Bertz CT molecular complexity index is 334. The van der Waals surface area contributed by atoms with Gasteiger partial charge in [0.1, 0.15) is 0 Å². The number of hydrogen-bond donors (Lipinski definition) is 0. The standard InChI is InChI=1S/C12H14.2ClH.Ti/c1-9(2)11-8-7-10-5-3-4-6-12(10)11;;;/h3-9,11H,1-2H3;2*1H;/q;;;+2/p-2. The molecule has 1 aliphatic rings. The Kier molecular flexibility index (Phi) is 6.00. The maximum atomic E-state index is 4.89. The van der Waals surface area contributed by atoms with Gasteiger partial charge in [0.25, 0.3) is 0 Å². The Morgan fingerprint density at radius 1 is 1.20 bits per heavy atom. The van der Waals surface area contributed by atoms with E-state index in [4.69, 9.17) is 18.6 Å². The van der Waals surface area contributed by atoms with Crippen LogP contribution in [0.5, 0.6) is 0 Å². The van der Waals surface area contributed by atoms with Crippen molar-refractivity contribution in [3.8, 4) is 0 Å². The molecular formula is C12H14Cl2Ti. The van der Waals surface area contributed by atoms with Gasteiger partial charge in [-0.05, 0) is 17.0 Å². The summed E-state index contributed by atoms with van der Waals surface area (Å²) in [6.45, 7) is 4.55. The van der Waals surface area contributed by atoms with Crippen molar-refractivity contribution in [2.24, 2.45) is 5.92 Å². The van der Waals surface area contributed by atoms with E-state index in [1.165, 1.54) is 11.1 Å². The Morgan fingerprint density at radius 2 is 1.80 bits per heavy atom. The van der Waals surface area contributed by atoms with E-state index in [2.05, 4.69) is 50.3 Å². The van der Waals surface area contributed by atoms with Crippen LogP contribution in [0, 0.1) is 5.92 Å². The van der Waals surface area contributed by atoms with E-state index in [0.29, 0.717) is 11.8 Å². The molecule has 1 aromatic rings. The van der Waals surface area contributed by atoms with Crippen molar-refractivity contribution in [2.45, 2.75) is 19.8 Å². The molecule has 0 fully saturated rings. The molecule has 1 aliphatic carbocycles. The average Bonchev–Trinajstić information content (AvgIpc) is 2.62. The topological polar surface area (TPSA) is 0 Å². The molecule has 15 heavy (non-hydrogen) atoms. The summed E-state index contributed by atoms with van der Waals surface area (Å²) in [7, 11) is 9.78. The van der Waals surface area contributed by atoms with E-state index in [1.807, 2.05) is 0 Å². The van der Waals surface area contributed by atoms with Crippen LogP contribution >= 0.6 is 18.6 Å². The van der Waals surface area contributed by atoms with E-state index in [0.717, 1.165) is 0 Å². The first kappa shape index (κ1) is 13.3. The van der Waals surface area contributed by atoms with Gasteiger partial charge in [-0.25, -0.2) is 0 Å². The van der Waals surface area contributed by atoms with Crippen LogP contribution in [0.25, 0.3) is 6.08 Å². The summed E-state index contributed by atoms with van der Waals surface area (Å²) in [5.74, 6) is 1.35. The molecule has 0 N–H and O–H groups in total. The van der Waals surface area contributed by atoms with Crippen LogP contribution in [0.15, 0.2) is 30.3 Å². The van der Waals surface area contributed by atoms with E-state index < -0.39 is 17.0 Å². The second-order valence-electron chi connectivity index (χ2n) is 3.83. The van der Waals surface area contributed by atoms with Gasteiger partial charge >= 0.3 is 35.6 Å². The molecule has 1 atom stereocenters.